The van der Waals surface area contributed by atoms with Gasteiger partial charge in [-0.2, -0.15) is 0 Å². The van der Waals surface area contributed by atoms with Crippen molar-refractivity contribution in [2.45, 2.75) is 32.6 Å². The van der Waals surface area contributed by atoms with Crippen molar-refractivity contribution < 1.29 is 4.79 Å². The van der Waals surface area contributed by atoms with Gasteiger partial charge in [0.1, 0.15) is 5.94 Å². The van der Waals surface area contributed by atoms with Crippen molar-refractivity contribution >= 4 is 5.94 Å². The van der Waals surface area contributed by atoms with Crippen molar-refractivity contribution in [1.82, 2.24) is 0 Å². The molecule has 0 aliphatic rings. The molecule has 0 fully saturated rings. The number of hydrogen-bond acceptors (Lipinski definition) is 1. The summed E-state index contributed by atoms with van der Waals surface area (Å²) in [5.74, 6) is 1.59. The molecule has 0 bridgehead atoms. The number of unbranched alkanes of at least 4 members (excludes halogenated alkanes) is 2. The highest BCUT2D eigenvalue weighted by Gasteiger charge is 1.89. The van der Waals surface area contributed by atoms with Gasteiger partial charge in [-0.05, 0) is 18.4 Å². The van der Waals surface area contributed by atoms with Crippen LogP contribution in [0.1, 0.15) is 32.6 Å². The van der Waals surface area contributed by atoms with Gasteiger partial charge in [0.25, 0.3) is 0 Å². The van der Waals surface area contributed by atoms with Gasteiger partial charge in [-0.25, -0.2) is 4.79 Å². The van der Waals surface area contributed by atoms with Crippen molar-refractivity contribution in [2.24, 2.45) is 0 Å². The maximum absolute atomic E-state index is 9.75. The van der Waals surface area contributed by atoms with Crippen LogP contribution in [0.3, 0.4) is 0 Å². The van der Waals surface area contributed by atoms with Crippen LogP contribution < -0.4 is 0 Å². The van der Waals surface area contributed by atoms with E-state index < -0.39 is 0 Å². The monoisotopic (exact) mass is 137 g/mol. The molecular weight excluding hydrogens is 124 g/mol. The Morgan fingerprint density at radius 1 is 1.50 bits per heavy atom. The minimum atomic E-state index is 0.767. The Bertz CT molecular complexity index is 141. The van der Waals surface area contributed by atoms with E-state index in [2.05, 4.69) is 19.6 Å². The fourth-order valence-corrected chi connectivity index (χ4v) is 0.723. The fourth-order valence-electron chi connectivity index (χ4n) is 0.723. The first-order valence-corrected chi connectivity index (χ1v) is 3.62. The molecule has 0 atom stereocenters. The van der Waals surface area contributed by atoms with E-state index in [-0.39, 0.29) is 0 Å². The molecule has 55 valence electrons. The summed E-state index contributed by atoms with van der Waals surface area (Å²) < 4.78 is 0. The van der Waals surface area contributed by atoms with Crippen molar-refractivity contribution in [3.63, 3.8) is 0 Å². The molecule has 0 saturated carbocycles. The zero-order valence-electron chi connectivity index (χ0n) is 6.44. The molecule has 0 aromatic heterocycles. The molecule has 10 heavy (non-hydrogen) atoms. The van der Waals surface area contributed by atoms with Crippen LogP contribution in [0.2, 0.25) is 0 Å². The SMILES string of the molecule is C=C([C]=C=O)CCCCC. The van der Waals surface area contributed by atoms with Gasteiger partial charge in [0.2, 0.25) is 0 Å². The molecule has 0 heterocycles. The van der Waals surface area contributed by atoms with Crippen LogP contribution in [0.25, 0.3) is 0 Å². The van der Waals surface area contributed by atoms with E-state index in [9.17, 15) is 4.79 Å². The molecule has 0 amide bonds. The molecule has 0 aliphatic carbocycles. The standard InChI is InChI=1S/C9H13O/c1-3-4-5-6-9(2)7-8-10/h2-6H2,1H3. The third kappa shape index (κ3) is 5.33. The third-order valence-corrected chi connectivity index (χ3v) is 1.31. The van der Waals surface area contributed by atoms with Crippen LogP contribution in [-0.4, -0.2) is 5.94 Å². The first kappa shape index (κ1) is 9.19. The Labute approximate surface area is 62.4 Å². The molecule has 1 heteroatoms. The molecule has 0 aromatic rings. The van der Waals surface area contributed by atoms with Gasteiger partial charge in [0.15, 0.2) is 0 Å². The topological polar surface area (TPSA) is 17.1 Å². The average molecular weight is 137 g/mol. The smallest absolute Gasteiger partial charge is 0.134 e. The summed E-state index contributed by atoms with van der Waals surface area (Å²) in [7, 11) is 0. The van der Waals surface area contributed by atoms with Gasteiger partial charge in [-0.3, -0.25) is 0 Å². The van der Waals surface area contributed by atoms with Gasteiger partial charge in [-0.1, -0.05) is 26.3 Å². The highest BCUT2D eigenvalue weighted by molar-refractivity contribution is 5.46. The summed E-state index contributed by atoms with van der Waals surface area (Å²) in [6, 6.07) is 0. The lowest BCUT2D eigenvalue weighted by molar-refractivity contribution is 0.568. The van der Waals surface area contributed by atoms with E-state index in [1.54, 1.807) is 5.94 Å². The molecule has 0 aromatic carbocycles. The van der Waals surface area contributed by atoms with Gasteiger partial charge < -0.3 is 0 Å². The minimum Gasteiger partial charge on any atom is -0.233 e. The first-order chi connectivity index (χ1) is 4.81. The maximum Gasteiger partial charge on any atom is 0.134 e. The van der Waals surface area contributed by atoms with Crippen LogP contribution in [0.4, 0.5) is 0 Å². The summed E-state index contributed by atoms with van der Waals surface area (Å²) in [5.41, 5.74) is 0.767. The van der Waals surface area contributed by atoms with Crippen molar-refractivity contribution in [3.05, 3.63) is 18.2 Å². The number of rotatable bonds is 5. The van der Waals surface area contributed by atoms with Crippen LogP contribution in [-0.2, 0) is 4.79 Å². The van der Waals surface area contributed by atoms with Crippen LogP contribution in [0.5, 0.6) is 0 Å². The predicted molar refractivity (Wildman–Crippen MR) is 42.2 cm³/mol. The highest BCUT2D eigenvalue weighted by atomic mass is 16.1. The summed E-state index contributed by atoms with van der Waals surface area (Å²) >= 11 is 0. The fraction of sp³-hybridized carbons (Fsp3) is 0.556. The summed E-state index contributed by atoms with van der Waals surface area (Å²) in [4.78, 5) is 9.75. The normalized spacial score (nSPS) is 8.50. The largest absolute Gasteiger partial charge is 0.233 e. The Morgan fingerprint density at radius 2 is 2.20 bits per heavy atom. The van der Waals surface area contributed by atoms with E-state index in [1.165, 1.54) is 12.8 Å². The molecular formula is C9H13O. The second-order valence-corrected chi connectivity index (χ2v) is 2.29. The van der Waals surface area contributed by atoms with Crippen LogP contribution >= 0.6 is 0 Å². The Morgan fingerprint density at radius 3 is 2.70 bits per heavy atom. The predicted octanol–water partition coefficient (Wildman–Crippen LogP) is 2.31. The van der Waals surface area contributed by atoms with E-state index in [0.29, 0.717) is 0 Å². The lowest BCUT2D eigenvalue weighted by Crippen LogP contribution is -1.78. The second-order valence-electron chi connectivity index (χ2n) is 2.29. The lowest BCUT2D eigenvalue weighted by Gasteiger charge is -1.94. The zero-order valence-corrected chi connectivity index (χ0v) is 6.44. The van der Waals surface area contributed by atoms with Gasteiger partial charge >= 0.3 is 0 Å². The Balaban J connectivity index is 3.31. The third-order valence-electron chi connectivity index (χ3n) is 1.31. The van der Waals surface area contributed by atoms with Gasteiger partial charge in [0.05, 0.1) is 6.08 Å². The van der Waals surface area contributed by atoms with E-state index in [0.717, 1.165) is 18.4 Å². The Kier molecular flexibility index (Phi) is 5.80. The van der Waals surface area contributed by atoms with Gasteiger partial charge in [-0.15, -0.1) is 0 Å². The molecule has 0 unspecified atom stereocenters. The molecule has 0 rings (SSSR count). The lowest BCUT2D eigenvalue weighted by atomic mass is 10.1. The molecule has 0 spiro atoms. The molecule has 1 nitrogen and oxygen atoms in total. The van der Waals surface area contributed by atoms with Crippen LogP contribution in [0, 0.1) is 6.08 Å². The van der Waals surface area contributed by atoms with Crippen molar-refractivity contribution in [1.29, 1.82) is 0 Å². The molecule has 1 radical (unpaired) electrons. The summed E-state index contributed by atoms with van der Waals surface area (Å²) in [5, 5.41) is 0. The Hall–Kier alpha value is -0.810. The summed E-state index contributed by atoms with van der Waals surface area (Å²) in [6.45, 7) is 5.78. The summed E-state index contributed by atoms with van der Waals surface area (Å²) in [6.07, 6.45) is 6.77. The first-order valence-electron chi connectivity index (χ1n) is 3.62. The molecule has 0 N–H and O–H groups in total. The van der Waals surface area contributed by atoms with E-state index in [1.807, 2.05) is 0 Å². The minimum absolute atomic E-state index is 0.767. The van der Waals surface area contributed by atoms with E-state index >= 15 is 0 Å². The maximum atomic E-state index is 9.75. The second kappa shape index (κ2) is 6.31. The van der Waals surface area contributed by atoms with E-state index in [4.69, 9.17) is 0 Å². The average Bonchev–Trinajstić information content (AvgIpc) is 1.89. The quantitative estimate of drug-likeness (QED) is 0.323. The molecule has 0 saturated heterocycles. The highest BCUT2D eigenvalue weighted by Crippen LogP contribution is 2.05. The van der Waals surface area contributed by atoms with Crippen molar-refractivity contribution in [3.8, 4) is 0 Å². The molecule has 0 aliphatic heterocycles. The number of allylic oxidation sites excluding steroid dienone is 2. The number of hydrogen-bond donors (Lipinski definition) is 0. The van der Waals surface area contributed by atoms with Gasteiger partial charge in [0, 0.05) is 0 Å². The van der Waals surface area contributed by atoms with Crippen molar-refractivity contribution in [2.75, 3.05) is 0 Å². The van der Waals surface area contributed by atoms with Crippen LogP contribution in [0.15, 0.2) is 12.2 Å². The zero-order chi connectivity index (χ0) is 7.82. The number of carbonyl (C=O) groups excluding carboxylic acids is 1.